The van der Waals surface area contributed by atoms with Crippen LogP contribution >= 0.6 is 15.9 Å². The lowest BCUT2D eigenvalue weighted by Gasteiger charge is -2.34. The fourth-order valence-corrected chi connectivity index (χ4v) is 3.75. The standard InChI is InChI=1S/C21H20BrN5O2/c22-16-6-2-1-5-15(16)13-20(28)26-9-11-27(12-10-26)21(29)19-14-18(24-25-19)17-7-3-4-8-23-17/h1-8,14H,9-13H2,(H,24,25). The first-order valence-electron chi connectivity index (χ1n) is 9.39. The number of amides is 2. The molecule has 2 amide bonds. The Morgan fingerprint density at radius 3 is 2.41 bits per heavy atom. The molecule has 1 aliphatic heterocycles. The fourth-order valence-electron chi connectivity index (χ4n) is 3.32. The molecule has 2 aromatic heterocycles. The van der Waals surface area contributed by atoms with Crippen LogP contribution in [0.2, 0.25) is 0 Å². The zero-order chi connectivity index (χ0) is 20.2. The van der Waals surface area contributed by atoms with E-state index in [1.807, 2.05) is 47.4 Å². The first-order chi connectivity index (χ1) is 14.1. The number of rotatable bonds is 4. The van der Waals surface area contributed by atoms with Gasteiger partial charge in [0.1, 0.15) is 11.4 Å². The number of benzene rings is 1. The SMILES string of the molecule is O=C(Cc1ccccc1Br)N1CCN(C(=O)c2cc(-c3ccccn3)n[nH]2)CC1. The quantitative estimate of drug-likeness (QED) is 0.658. The third-order valence-corrected chi connectivity index (χ3v) is 5.73. The second-order valence-electron chi connectivity index (χ2n) is 6.82. The summed E-state index contributed by atoms with van der Waals surface area (Å²) in [5.41, 5.74) is 2.75. The summed E-state index contributed by atoms with van der Waals surface area (Å²) in [7, 11) is 0. The van der Waals surface area contributed by atoms with Crippen molar-refractivity contribution in [1.82, 2.24) is 25.0 Å². The molecule has 3 aromatic rings. The van der Waals surface area contributed by atoms with Crippen molar-refractivity contribution in [1.29, 1.82) is 0 Å². The molecule has 1 aliphatic rings. The van der Waals surface area contributed by atoms with E-state index in [4.69, 9.17) is 0 Å². The molecule has 7 nitrogen and oxygen atoms in total. The third-order valence-electron chi connectivity index (χ3n) is 4.95. The smallest absolute Gasteiger partial charge is 0.272 e. The largest absolute Gasteiger partial charge is 0.339 e. The molecular weight excluding hydrogens is 434 g/mol. The number of aromatic nitrogens is 3. The molecule has 0 radical (unpaired) electrons. The van der Waals surface area contributed by atoms with Crippen LogP contribution in [0.3, 0.4) is 0 Å². The summed E-state index contributed by atoms with van der Waals surface area (Å²) in [6.45, 7) is 2.05. The van der Waals surface area contributed by atoms with Gasteiger partial charge < -0.3 is 9.80 Å². The van der Waals surface area contributed by atoms with E-state index in [9.17, 15) is 9.59 Å². The van der Waals surface area contributed by atoms with Crippen LogP contribution in [0.5, 0.6) is 0 Å². The van der Waals surface area contributed by atoms with Gasteiger partial charge in [0, 0.05) is 36.8 Å². The molecule has 0 saturated carbocycles. The average Bonchev–Trinajstić information content (AvgIpc) is 3.26. The van der Waals surface area contributed by atoms with Gasteiger partial charge in [-0.05, 0) is 29.8 Å². The number of carbonyl (C=O) groups is 2. The number of H-pyrrole nitrogens is 1. The van der Waals surface area contributed by atoms with Crippen molar-refractivity contribution < 1.29 is 9.59 Å². The Morgan fingerprint density at radius 1 is 0.966 bits per heavy atom. The molecule has 29 heavy (non-hydrogen) atoms. The predicted octanol–water partition coefficient (Wildman–Crippen LogP) is 2.76. The van der Waals surface area contributed by atoms with Gasteiger partial charge >= 0.3 is 0 Å². The number of hydrogen-bond donors (Lipinski definition) is 1. The molecule has 8 heteroatoms. The van der Waals surface area contributed by atoms with E-state index in [-0.39, 0.29) is 11.8 Å². The summed E-state index contributed by atoms with van der Waals surface area (Å²) in [6, 6.07) is 15.0. The van der Waals surface area contributed by atoms with Crippen molar-refractivity contribution >= 4 is 27.7 Å². The van der Waals surface area contributed by atoms with Crippen molar-refractivity contribution in [2.24, 2.45) is 0 Å². The van der Waals surface area contributed by atoms with E-state index >= 15 is 0 Å². The summed E-state index contributed by atoms with van der Waals surface area (Å²) in [4.78, 5) is 33.2. The van der Waals surface area contributed by atoms with Gasteiger partial charge in [-0.25, -0.2) is 0 Å². The summed E-state index contributed by atoms with van der Waals surface area (Å²) in [5, 5.41) is 7.00. The van der Waals surface area contributed by atoms with Gasteiger partial charge in [-0.1, -0.05) is 40.2 Å². The molecule has 1 aromatic carbocycles. The molecule has 1 fully saturated rings. The van der Waals surface area contributed by atoms with Gasteiger partial charge in [0.15, 0.2) is 0 Å². The minimum Gasteiger partial charge on any atom is -0.339 e. The summed E-state index contributed by atoms with van der Waals surface area (Å²) >= 11 is 3.48. The number of piperazine rings is 1. The van der Waals surface area contributed by atoms with Crippen LogP contribution < -0.4 is 0 Å². The Bertz CT molecular complexity index is 1010. The highest BCUT2D eigenvalue weighted by molar-refractivity contribution is 9.10. The molecule has 0 bridgehead atoms. The van der Waals surface area contributed by atoms with Crippen LogP contribution in [0.1, 0.15) is 16.1 Å². The predicted molar refractivity (Wildman–Crippen MR) is 112 cm³/mol. The van der Waals surface area contributed by atoms with Crippen LogP contribution in [0.25, 0.3) is 11.4 Å². The first-order valence-corrected chi connectivity index (χ1v) is 10.2. The zero-order valence-electron chi connectivity index (χ0n) is 15.7. The molecule has 0 aliphatic carbocycles. The number of aromatic amines is 1. The van der Waals surface area contributed by atoms with Crippen LogP contribution in [-0.4, -0.2) is 63.0 Å². The van der Waals surface area contributed by atoms with Crippen LogP contribution in [-0.2, 0) is 11.2 Å². The van der Waals surface area contributed by atoms with Gasteiger partial charge in [-0.2, -0.15) is 5.10 Å². The van der Waals surface area contributed by atoms with Gasteiger partial charge in [-0.15, -0.1) is 0 Å². The van der Waals surface area contributed by atoms with Gasteiger partial charge in [0.2, 0.25) is 5.91 Å². The minimum atomic E-state index is -0.113. The average molecular weight is 454 g/mol. The number of pyridine rings is 1. The summed E-state index contributed by atoms with van der Waals surface area (Å²) in [6.07, 6.45) is 2.04. The number of hydrogen-bond acceptors (Lipinski definition) is 4. The maximum absolute atomic E-state index is 12.8. The summed E-state index contributed by atoms with van der Waals surface area (Å²) < 4.78 is 0.935. The highest BCUT2D eigenvalue weighted by Crippen LogP contribution is 2.19. The number of nitrogens with one attached hydrogen (secondary N) is 1. The molecule has 148 valence electrons. The highest BCUT2D eigenvalue weighted by atomic mass is 79.9. The monoisotopic (exact) mass is 453 g/mol. The number of halogens is 1. The minimum absolute atomic E-state index is 0.0722. The van der Waals surface area contributed by atoms with Crippen molar-refractivity contribution in [2.45, 2.75) is 6.42 Å². The molecule has 4 rings (SSSR count). The van der Waals surface area contributed by atoms with Gasteiger partial charge in [0.05, 0.1) is 12.1 Å². The lowest BCUT2D eigenvalue weighted by atomic mass is 10.1. The lowest BCUT2D eigenvalue weighted by molar-refractivity contribution is -0.131. The fraction of sp³-hybridized carbons (Fsp3) is 0.238. The Hall–Kier alpha value is -3.00. The number of nitrogens with zero attached hydrogens (tertiary/aromatic N) is 4. The molecular formula is C21H20BrN5O2. The van der Waals surface area contributed by atoms with Crippen molar-refractivity contribution in [3.05, 3.63) is 70.5 Å². The normalized spacial score (nSPS) is 14.1. The van der Waals surface area contributed by atoms with Crippen molar-refractivity contribution in [2.75, 3.05) is 26.2 Å². The molecule has 1 saturated heterocycles. The molecule has 0 spiro atoms. The Kier molecular flexibility index (Phi) is 5.71. The Morgan fingerprint density at radius 2 is 1.69 bits per heavy atom. The van der Waals surface area contributed by atoms with Crippen molar-refractivity contribution in [3.8, 4) is 11.4 Å². The van der Waals surface area contributed by atoms with Gasteiger partial charge in [0.25, 0.3) is 5.91 Å². The molecule has 0 atom stereocenters. The molecule has 3 heterocycles. The second-order valence-corrected chi connectivity index (χ2v) is 7.68. The van der Waals surface area contributed by atoms with E-state index in [1.165, 1.54) is 0 Å². The maximum atomic E-state index is 12.8. The van der Waals surface area contributed by atoms with Crippen molar-refractivity contribution in [3.63, 3.8) is 0 Å². The molecule has 0 unspecified atom stereocenters. The van der Waals surface area contributed by atoms with Crippen LogP contribution in [0, 0.1) is 0 Å². The maximum Gasteiger partial charge on any atom is 0.272 e. The van der Waals surface area contributed by atoms with E-state index in [2.05, 4.69) is 31.1 Å². The van der Waals surface area contributed by atoms with E-state index in [1.54, 1.807) is 17.2 Å². The van der Waals surface area contributed by atoms with Gasteiger partial charge in [-0.3, -0.25) is 19.7 Å². The first kappa shape index (κ1) is 19.3. The molecule has 1 N–H and O–H groups in total. The highest BCUT2D eigenvalue weighted by Gasteiger charge is 2.26. The van der Waals surface area contributed by atoms with Crippen LogP contribution in [0.4, 0.5) is 0 Å². The topological polar surface area (TPSA) is 82.2 Å². The van der Waals surface area contributed by atoms with Crippen LogP contribution in [0.15, 0.2) is 59.2 Å². The lowest BCUT2D eigenvalue weighted by Crippen LogP contribution is -2.51. The Labute approximate surface area is 176 Å². The van der Waals surface area contributed by atoms with E-state index in [0.717, 1.165) is 10.0 Å². The summed E-state index contributed by atoms with van der Waals surface area (Å²) in [5.74, 6) is -0.0411. The number of carbonyl (C=O) groups excluding carboxylic acids is 2. The Balaban J connectivity index is 1.35. The second kappa shape index (κ2) is 8.57. The zero-order valence-corrected chi connectivity index (χ0v) is 17.3. The third kappa shape index (κ3) is 4.37. The van der Waals surface area contributed by atoms with E-state index < -0.39 is 0 Å². The van der Waals surface area contributed by atoms with E-state index in [0.29, 0.717) is 49.7 Å².